The topological polar surface area (TPSA) is 40.5 Å². The minimum absolute atomic E-state index is 0.508. The zero-order valence-corrected chi connectivity index (χ0v) is 11.5. The van der Waals surface area contributed by atoms with Crippen molar-refractivity contribution in [2.24, 2.45) is 0 Å². The fourth-order valence-electron chi connectivity index (χ4n) is 2.66. The summed E-state index contributed by atoms with van der Waals surface area (Å²) < 4.78 is 0. The molecule has 2 rings (SSSR count). The van der Waals surface area contributed by atoms with Gasteiger partial charge in [-0.15, -0.1) is 0 Å². The molecule has 1 heterocycles. The van der Waals surface area contributed by atoms with Gasteiger partial charge in [-0.2, -0.15) is 0 Å². The van der Waals surface area contributed by atoms with E-state index in [1.807, 2.05) is 6.07 Å². The molecule has 1 unspecified atom stereocenters. The summed E-state index contributed by atoms with van der Waals surface area (Å²) in [5.74, 6) is -0.781. The van der Waals surface area contributed by atoms with Gasteiger partial charge in [0.15, 0.2) is 0 Å². The highest BCUT2D eigenvalue weighted by Gasteiger charge is 2.32. The first-order valence-corrected chi connectivity index (χ1v) is 6.51. The average Bonchev–Trinajstić information content (AvgIpc) is 2.62. The molecular weight excluding hydrogens is 226 g/mol. The maximum Gasteiger partial charge on any atom is 0.313 e. The molecule has 0 spiro atoms. The number of aliphatic carboxylic acids is 1. The summed E-state index contributed by atoms with van der Waals surface area (Å²) in [5.41, 5.74) is 2.58. The quantitative estimate of drug-likeness (QED) is 0.893. The maximum absolute atomic E-state index is 11.3. The van der Waals surface area contributed by atoms with Crippen molar-refractivity contribution in [3.8, 4) is 0 Å². The smallest absolute Gasteiger partial charge is 0.313 e. The molecule has 1 aliphatic rings. The second kappa shape index (κ2) is 4.30. The first-order valence-electron chi connectivity index (χ1n) is 6.51. The van der Waals surface area contributed by atoms with Gasteiger partial charge in [-0.3, -0.25) is 4.79 Å². The predicted octanol–water partition coefficient (Wildman–Crippen LogP) is 2.82. The molecule has 1 aromatic rings. The molecule has 0 saturated carbocycles. The third-order valence-corrected chi connectivity index (χ3v) is 4.04. The van der Waals surface area contributed by atoms with E-state index in [-0.39, 0.29) is 0 Å². The zero-order valence-electron chi connectivity index (χ0n) is 11.5. The van der Waals surface area contributed by atoms with Crippen LogP contribution >= 0.6 is 0 Å². The van der Waals surface area contributed by atoms with Crippen molar-refractivity contribution in [2.45, 2.75) is 45.6 Å². The second-order valence-electron chi connectivity index (χ2n) is 5.61. The van der Waals surface area contributed by atoms with Crippen molar-refractivity contribution in [2.75, 3.05) is 11.4 Å². The number of benzene rings is 1. The summed E-state index contributed by atoms with van der Waals surface area (Å²) in [5, 5.41) is 9.30. The van der Waals surface area contributed by atoms with Crippen molar-refractivity contribution in [1.82, 2.24) is 0 Å². The van der Waals surface area contributed by atoms with Crippen LogP contribution in [0.1, 0.15) is 38.8 Å². The lowest BCUT2D eigenvalue weighted by Gasteiger charge is -2.25. The number of hydrogen-bond acceptors (Lipinski definition) is 2. The molecule has 18 heavy (non-hydrogen) atoms. The van der Waals surface area contributed by atoms with Gasteiger partial charge in [0.25, 0.3) is 0 Å². The van der Waals surface area contributed by atoms with Crippen LogP contribution in [-0.4, -0.2) is 23.7 Å². The van der Waals surface area contributed by atoms with E-state index in [1.165, 1.54) is 11.3 Å². The SMILES string of the molecule is CCN1c2cc(C(C)(C)C(=O)O)ccc2CC1C. The number of anilines is 1. The van der Waals surface area contributed by atoms with Crippen LogP contribution in [0.3, 0.4) is 0 Å². The lowest BCUT2D eigenvalue weighted by Crippen LogP contribution is -2.30. The first-order chi connectivity index (χ1) is 8.37. The van der Waals surface area contributed by atoms with Crippen LogP contribution in [-0.2, 0) is 16.6 Å². The monoisotopic (exact) mass is 247 g/mol. The number of hydrogen-bond donors (Lipinski definition) is 1. The van der Waals surface area contributed by atoms with Crippen LogP contribution in [0.15, 0.2) is 18.2 Å². The van der Waals surface area contributed by atoms with Gasteiger partial charge in [0.2, 0.25) is 0 Å². The lowest BCUT2D eigenvalue weighted by molar-refractivity contribution is -0.142. The Morgan fingerprint density at radius 3 is 2.72 bits per heavy atom. The third kappa shape index (κ3) is 1.88. The fourth-order valence-corrected chi connectivity index (χ4v) is 2.66. The Kier molecular flexibility index (Phi) is 3.09. The third-order valence-electron chi connectivity index (χ3n) is 4.04. The maximum atomic E-state index is 11.3. The van der Waals surface area contributed by atoms with E-state index in [0.717, 1.165) is 18.5 Å². The van der Waals surface area contributed by atoms with Gasteiger partial charge in [-0.05, 0) is 51.3 Å². The Bertz CT molecular complexity index is 479. The number of likely N-dealkylation sites (N-methyl/N-ethyl adjacent to an activating group) is 1. The number of rotatable bonds is 3. The Morgan fingerprint density at radius 2 is 2.17 bits per heavy atom. The highest BCUT2D eigenvalue weighted by Crippen LogP contribution is 2.36. The molecule has 98 valence electrons. The summed E-state index contributed by atoms with van der Waals surface area (Å²) in [6.07, 6.45) is 1.05. The van der Waals surface area contributed by atoms with Gasteiger partial charge < -0.3 is 10.0 Å². The first kappa shape index (κ1) is 12.9. The molecule has 0 bridgehead atoms. The Balaban J connectivity index is 2.46. The second-order valence-corrected chi connectivity index (χ2v) is 5.61. The highest BCUT2D eigenvalue weighted by atomic mass is 16.4. The Labute approximate surface area is 108 Å². The predicted molar refractivity (Wildman–Crippen MR) is 73.3 cm³/mol. The summed E-state index contributed by atoms with van der Waals surface area (Å²) in [6.45, 7) is 8.83. The van der Waals surface area contributed by atoms with E-state index in [9.17, 15) is 9.90 Å². The molecule has 3 heteroatoms. The standard InChI is InChI=1S/C15H21NO2/c1-5-16-10(2)8-11-6-7-12(9-13(11)16)15(3,4)14(17)18/h6-7,9-10H,5,8H2,1-4H3,(H,17,18). The lowest BCUT2D eigenvalue weighted by atomic mass is 9.84. The van der Waals surface area contributed by atoms with E-state index in [1.54, 1.807) is 13.8 Å². The number of nitrogens with zero attached hydrogens (tertiary/aromatic N) is 1. The fraction of sp³-hybridized carbons (Fsp3) is 0.533. The van der Waals surface area contributed by atoms with Crippen LogP contribution in [0.4, 0.5) is 5.69 Å². The van der Waals surface area contributed by atoms with E-state index in [4.69, 9.17) is 0 Å². The molecule has 3 nitrogen and oxygen atoms in total. The number of fused-ring (bicyclic) bond motifs is 1. The van der Waals surface area contributed by atoms with E-state index in [0.29, 0.717) is 6.04 Å². The van der Waals surface area contributed by atoms with Crippen molar-refractivity contribution in [3.05, 3.63) is 29.3 Å². The summed E-state index contributed by atoms with van der Waals surface area (Å²) >= 11 is 0. The molecule has 0 aliphatic carbocycles. The molecule has 1 N–H and O–H groups in total. The van der Waals surface area contributed by atoms with Crippen molar-refractivity contribution < 1.29 is 9.90 Å². The molecule has 0 aromatic heterocycles. The Morgan fingerprint density at radius 1 is 1.50 bits per heavy atom. The average molecular weight is 247 g/mol. The zero-order chi connectivity index (χ0) is 13.5. The van der Waals surface area contributed by atoms with E-state index >= 15 is 0 Å². The number of carboxylic acid groups (broad SMARTS) is 1. The molecular formula is C15H21NO2. The van der Waals surface area contributed by atoms with Crippen molar-refractivity contribution >= 4 is 11.7 Å². The van der Waals surface area contributed by atoms with Crippen LogP contribution in [0.5, 0.6) is 0 Å². The largest absolute Gasteiger partial charge is 0.481 e. The van der Waals surface area contributed by atoms with Crippen LogP contribution in [0, 0.1) is 0 Å². The molecule has 0 saturated heterocycles. The van der Waals surface area contributed by atoms with Gasteiger partial charge in [-0.1, -0.05) is 12.1 Å². The molecule has 0 radical (unpaired) electrons. The van der Waals surface area contributed by atoms with Crippen molar-refractivity contribution in [3.63, 3.8) is 0 Å². The van der Waals surface area contributed by atoms with Crippen molar-refractivity contribution in [1.29, 1.82) is 0 Å². The van der Waals surface area contributed by atoms with E-state index < -0.39 is 11.4 Å². The van der Waals surface area contributed by atoms with Gasteiger partial charge >= 0.3 is 5.97 Å². The highest BCUT2D eigenvalue weighted by molar-refractivity contribution is 5.81. The normalized spacial score (nSPS) is 18.9. The van der Waals surface area contributed by atoms with E-state index in [2.05, 4.69) is 30.9 Å². The number of carboxylic acids is 1. The Hall–Kier alpha value is -1.51. The molecule has 1 aromatic carbocycles. The minimum Gasteiger partial charge on any atom is -0.481 e. The molecule has 0 fully saturated rings. The minimum atomic E-state index is -0.833. The summed E-state index contributed by atoms with van der Waals surface area (Å²) in [6, 6.07) is 6.60. The summed E-state index contributed by atoms with van der Waals surface area (Å²) in [4.78, 5) is 13.7. The van der Waals surface area contributed by atoms with Gasteiger partial charge in [0.1, 0.15) is 0 Å². The van der Waals surface area contributed by atoms with Gasteiger partial charge in [0.05, 0.1) is 5.41 Å². The van der Waals surface area contributed by atoms with Crippen LogP contribution < -0.4 is 4.90 Å². The number of carbonyl (C=O) groups is 1. The molecule has 1 atom stereocenters. The van der Waals surface area contributed by atoms with Gasteiger partial charge in [0, 0.05) is 18.3 Å². The molecule has 0 amide bonds. The van der Waals surface area contributed by atoms with Crippen LogP contribution in [0.2, 0.25) is 0 Å². The summed E-state index contributed by atoms with van der Waals surface area (Å²) in [7, 11) is 0. The van der Waals surface area contributed by atoms with Gasteiger partial charge in [-0.25, -0.2) is 0 Å². The van der Waals surface area contributed by atoms with Crippen LogP contribution in [0.25, 0.3) is 0 Å². The molecule has 1 aliphatic heterocycles.